The lowest BCUT2D eigenvalue weighted by atomic mass is 10.0. The predicted octanol–water partition coefficient (Wildman–Crippen LogP) is 1.68. The van der Waals surface area contributed by atoms with Crippen molar-refractivity contribution in [3.8, 4) is 0 Å². The van der Waals surface area contributed by atoms with Gasteiger partial charge in [-0.1, -0.05) is 0 Å². The molecule has 9 nitrogen and oxygen atoms in total. The highest BCUT2D eigenvalue weighted by Crippen LogP contribution is 2.35. The molecule has 1 aromatic heterocycles. The Morgan fingerprint density at radius 1 is 1.17 bits per heavy atom. The number of hydrazone groups is 1. The van der Waals surface area contributed by atoms with Crippen molar-refractivity contribution in [1.29, 1.82) is 0 Å². The Bertz CT molecular complexity index is 888. The number of carbonyl (C=O) groups is 3. The fourth-order valence-electron chi connectivity index (χ4n) is 2.95. The Hall–Kier alpha value is -3.20. The number of hydrogen-bond acceptors (Lipinski definition) is 5. The summed E-state index contributed by atoms with van der Waals surface area (Å²) in [5, 5.41) is 19.8. The maximum Gasteiger partial charge on any atom is 0.328 e. The van der Waals surface area contributed by atoms with E-state index in [4.69, 9.17) is 10.2 Å². The van der Waals surface area contributed by atoms with Gasteiger partial charge in [0, 0.05) is 36.0 Å². The van der Waals surface area contributed by atoms with E-state index < -0.39 is 11.9 Å². The summed E-state index contributed by atoms with van der Waals surface area (Å²) in [7, 11) is 4.12. The third-order valence-corrected chi connectivity index (χ3v) is 4.53. The molecule has 1 aliphatic carbocycles. The van der Waals surface area contributed by atoms with E-state index in [1.54, 1.807) is 0 Å². The van der Waals surface area contributed by atoms with Gasteiger partial charge in [-0.05, 0) is 58.0 Å². The Labute approximate surface area is 168 Å². The number of aromatic nitrogens is 1. The summed E-state index contributed by atoms with van der Waals surface area (Å²) in [6, 6.07) is 0. The second kappa shape index (κ2) is 9.33. The number of aromatic amines is 1. The molecule has 2 aliphatic rings. The van der Waals surface area contributed by atoms with E-state index >= 15 is 0 Å². The Kier molecular flexibility index (Phi) is 7.11. The first-order valence-corrected chi connectivity index (χ1v) is 9.16. The van der Waals surface area contributed by atoms with Gasteiger partial charge in [0.2, 0.25) is 0 Å². The third-order valence-electron chi connectivity index (χ3n) is 4.53. The fraction of sp³-hybridized carbons (Fsp3) is 0.400. The van der Waals surface area contributed by atoms with Gasteiger partial charge in [0.25, 0.3) is 5.91 Å². The molecule has 156 valence electrons. The molecule has 1 fully saturated rings. The minimum absolute atomic E-state index is 0.0855. The van der Waals surface area contributed by atoms with Crippen LogP contribution in [0.3, 0.4) is 0 Å². The molecule has 1 aliphatic heterocycles. The van der Waals surface area contributed by atoms with Crippen molar-refractivity contribution in [2.75, 3.05) is 14.1 Å². The molecule has 9 heteroatoms. The lowest BCUT2D eigenvalue weighted by Gasteiger charge is -2.10. The predicted molar refractivity (Wildman–Crippen MR) is 108 cm³/mol. The van der Waals surface area contributed by atoms with E-state index in [1.165, 1.54) is 11.1 Å². The van der Waals surface area contributed by atoms with Gasteiger partial charge in [-0.15, -0.1) is 0 Å². The summed E-state index contributed by atoms with van der Waals surface area (Å²) in [6.45, 7) is 5.08. The summed E-state index contributed by atoms with van der Waals surface area (Å²) in [5.74, 6) is -2.13. The second-order valence-electron chi connectivity index (χ2n) is 7.29. The number of aliphatic carboxylic acids is 2. The van der Waals surface area contributed by atoms with E-state index in [9.17, 15) is 14.4 Å². The van der Waals surface area contributed by atoms with Crippen LogP contribution in [0.4, 0.5) is 0 Å². The SMILES string of the molecule is Cc1[nH]c(C=C2C(=O)NN=C2C2CC2)c(C)c1CN(C)C.O=C(O)C=CC(=O)O. The van der Waals surface area contributed by atoms with Gasteiger partial charge in [-0.2, -0.15) is 5.10 Å². The van der Waals surface area contributed by atoms with Crippen molar-refractivity contribution in [2.45, 2.75) is 33.2 Å². The van der Waals surface area contributed by atoms with Crippen LogP contribution in [0, 0.1) is 19.8 Å². The molecule has 0 bridgehead atoms. The van der Waals surface area contributed by atoms with Crippen molar-refractivity contribution in [1.82, 2.24) is 15.3 Å². The van der Waals surface area contributed by atoms with Gasteiger partial charge >= 0.3 is 11.9 Å². The van der Waals surface area contributed by atoms with Gasteiger partial charge in [0.15, 0.2) is 0 Å². The normalized spacial score (nSPS) is 17.3. The van der Waals surface area contributed by atoms with Crippen LogP contribution in [0.1, 0.15) is 35.4 Å². The number of rotatable bonds is 6. The minimum atomic E-state index is -1.26. The largest absolute Gasteiger partial charge is 0.478 e. The number of carbonyl (C=O) groups excluding carboxylic acids is 1. The first kappa shape index (κ1) is 22.1. The van der Waals surface area contributed by atoms with Crippen LogP contribution in [0.5, 0.6) is 0 Å². The number of H-pyrrole nitrogens is 1. The number of amides is 1. The highest BCUT2D eigenvalue weighted by atomic mass is 16.4. The topological polar surface area (TPSA) is 135 Å². The number of carboxylic acid groups (broad SMARTS) is 2. The Balaban J connectivity index is 0.000000321. The van der Waals surface area contributed by atoms with Crippen LogP contribution in [-0.2, 0) is 20.9 Å². The van der Waals surface area contributed by atoms with E-state index in [0.29, 0.717) is 18.1 Å². The molecule has 1 amide bonds. The summed E-state index contributed by atoms with van der Waals surface area (Å²) in [6.07, 6.45) is 5.35. The summed E-state index contributed by atoms with van der Waals surface area (Å²) >= 11 is 0. The molecule has 3 rings (SSSR count). The number of nitrogens with one attached hydrogen (secondary N) is 2. The zero-order chi connectivity index (χ0) is 21.7. The maximum absolute atomic E-state index is 12.0. The Morgan fingerprint density at radius 3 is 2.24 bits per heavy atom. The molecule has 1 saturated carbocycles. The van der Waals surface area contributed by atoms with E-state index in [-0.39, 0.29) is 5.91 Å². The van der Waals surface area contributed by atoms with Crippen LogP contribution in [-0.4, -0.2) is 57.7 Å². The van der Waals surface area contributed by atoms with Crippen molar-refractivity contribution >= 4 is 29.6 Å². The zero-order valence-corrected chi connectivity index (χ0v) is 16.9. The van der Waals surface area contributed by atoms with Crippen LogP contribution in [0.15, 0.2) is 22.8 Å². The highest BCUT2D eigenvalue weighted by Gasteiger charge is 2.36. The average Bonchev–Trinajstić information content (AvgIpc) is 3.36. The quantitative estimate of drug-likeness (QED) is 0.535. The molecule has 0 saturated heterocycles. The fourth-order valence-corrected chi connectivity index (χ4v) is 2.95. The molecule has 1 aromatic rings. The molecule has 0 radical (unpaired) electrons. The lowest BCUT2D eigenvalue weighted by Crippen LogP contribution is -2.14. The summed E-state index contributed by atoms with van der Waals surface area (Å²) in [4.78, 5) is 36.7. The molecule has 0 unspecified atom stereocenters. The molecular weight excluding hydrogens is 376 g/mol. The monoisotopic (exact) mass is 402 g/mol. The van der Waals surface area contributed by atoms with Crippen LogP contribution in [0.2, 0.25) is 0 Å². The smallest absolute Gasteiger partial charge is 0.328 e. The number of carboxylic acids is 2. The molecule has 4 N–H and O–H groups in total. The van der Waals surface area contributed by atoms with Crippen molar-refractivity contribution in [3.63, 3.8) is 0 Å². The van der Waals surface area contributed by atoms with Crippen LogP contribution >= 0.6 is 0 Å². The van der Waals surface area contributed by atoms with E-state index in [0.717, 1.165) is 42.1 Å². The molecule has 0 atom stereocenters. The van der Waals surface area contributed by atoms with E-state index in [2.05, 4.69) is 48.4 Å². The zero-order valence-electron chi connectivity index (χ0n) is 16.9. The Morgan fingerprint density at radius 2 is 1.76 bits per heavy atom. The van der Waals surface area contributed by atoms with Crippen molar-refractivity contribution < 1.29 is 24.6 Å². The first-order valence-electron chi connectivity index (χ1n) is 9.16. The molecule has 29 heavy (non-hydrogen) atoms. The molecule has 0 spiro atoms. The minimum Gasteiger partial charge on any atom is -0.478 e. The van der Waals surface area contributed by atoms with Crippen molar-refractivity contribution in [3.05, 3.63) is 40.2 Å². The van der Waals surface area contributed by atoms with Gasteiger partial charge < -0.3 is 20.1 Å². The van der Waals surface area contributed by atoms with Crippen molar-refractivity contribution in [2.24, 2.45) is 11.0 Å². The van der Waals surface area contributed by atoms with Gasteiger partial charge in [0.05, 0.1) is 11.3 Å². The molecule has 0 aromatic carbocycles. The van der Waals surface area contributed by atoms with Gasteiger partial charge in [-0.25, -0.2) is 15.0 Å². The summed E-state index contributed by atoms with van der Waals surface area (Å²) < 4.78 is 0. The second-order valence-corrected chi connectivity index (χ2v) is 7.29. The van der Waals surface area contributed by atoms with Gasteiger partial charge in [0.1, 0.15) is 0 Å². The number of aryl methyl sites for hydroxylation is 1. The average molecular weight is 402 g/mol. The molecular formula is C20H26N4O5. The highest BCUT2D eigenvalue weighted by molar-refractivity contribution is 6.28. The maximum atomic E-state index is 12.0. The standard InChI is InChI=1S/C16H22N4O.C4H4O4/c1-9-13(8-20(3)4)10(2)17-14(9)7-12-15(11-5-6-11)18-19-16(12)21;5-3(6)1-2-4(7)8/h7,11,17H,5-6,8H2,1-4H3,(H,19,21);1-2H,(H,5,6)(H,7,8). The van der Waals surface area contributed by atoms with Crippen LogP contribution in [0.25, 0.3) is 6.08 Å². The number of nitrogens with zero attached hydrogens (tertiary/aromatic N) is 2. The number of hydrogen-bond donors (Lipinski definition) is 4. The first-order chi connectivity index (χ1) is 13.6. The molecule has 2 heterocycles. The summed E-state index contributed by atoms with van der Waals surface area (Å²) in [5.41, 5.74) is 8.94. The van der Waals surface area contributed by atoms with Gasteiger partial charge in [-0.3, -0.25) is 4.79 Å². The third kappa shape index (κ3) is 6.15. The van der Waals surface area contributed by atoms with Crippen LogP contribution < -0.4 is 5.43 Å². The van der Waals surface area contributed by atoms with E-state index in [1.807, 2.05) is 6.08 Å². The lowest BCUT2D eigenvalue weighted by molar-refractivity contribution is -0.134.